The van der Waals surface area contributed by atoms with Crippen molar-refractivity contribution in [2.24, 2.45) is 5.92 Å². The lowest BCUT2D eigenvalue weighted by Crippen LogP contribution is -2.24. The van der Waals surface area contributed by atoms with Crippen molar-refractivity contribution in [3.63, 3.8) is 0 Å². The molecule has 17 heavy (non-hydrogen) atoms. The third-order valence-electron chi connectivity index (χ3n) is 3.83. The molecule has 2 heteroatoms. The van der Waals surface area contributed by atoms with E-state index in [1.165, 1.54) is 28.7 Å². The zero-order valence-corrected chi connectivity index (χ0v) is 11.7. The first-order chi connectivity index (χ1) is 8.13. The number of benzene rings is 1. The van der Waals surface area contributed by atoms with Crippen molar-refractivity contribution in [3.05, 3.63) is 34.4 Å². The molecule has 0 bridgehead atoms. The maximum atomic E-state index is 6.07. The molecule has 94 valence electrons. The largest absolute Gasteiger partial charge is 0.373 e. The Balaban J connectivity index is 2.34. The maximum absolute atomic E-state index is 6.07. The van der Waals surface area contributed by atoms with Crippen LogP contribution in [0.1, 0.15) is 41.2 Å². The molecule has 1 heterocycles. The summed E-state index contributed by atoms with van der Waals surface area (Å²) in [6.07, 6.45) is 2.51. The first-order valence-corrected chi connectivity index (χ1v) is 6.92. The summed E-state index contributed by atoms with van der Waals surface area (Å²) >= 11 is 6.07. The molecule has 0 aromatic heterocycles. The minimum Gasteiger partial charge on any atom is -0.373 e. The summed E-state index contributed by atoms with van der Waals surface area (Å²) in [6, 6.07) is 4.54. The zero-order chi connectivity index (χ0) is 12.4. The van der Waals surface area contributed by atoms with E-state index in [1.807, 2.05) is 0 Å². The summed E-state index contributed by atoms with van der Waals surface area (Å²) in [6.45, 7) is 7.36. The molecule has 0 spiro atoms. The predicted octanol–water partition coefficient (Wildman–Crippen LogP) is 4.32. The van der Waals surface area contributed by atoms with Gasteiger partial charge < -0.3 is 4.74 Å². The molecule has 1 nitrogen and oxygen atoms in total. The van der Waals surface area contributed by atoms with Gasteiger partial charge in [0.15, 0.2) is 0 Å². The highest BCUT2D eigenvalue weighted by Gasteiger charge is 2.28. The van der Waals surface area contributed by atoms with Gasteiger partial charge in [0.05, 0.1) is 6.10 Å². The number of alkyl halides is 1. The van der Waals surface area contributed by atoms with Crippen LogP contribution in [0.2, 0.25) is 0 Å². The van der Waals surface area contributed by atoms with Crippen LogP contribution < -0.4 is 0 Å². The lowest BCUT2D eigenvalue weighted by Gasteiger charge is -2.32. The van der Waals surface area contributed by atoms with Gasteiger partial charge in [-0.15, -0.1) is 11.6 Å². The van der Waals surface area contributed by atoms with Gasteiger partial charge in [0, 0.05) is 18.4 Å². The van der Waals surface area contributed by atoms with Crippen molar-refractivity contribution < 1.29 is 4.74 Å². The topological polar surface area (TPSA) is 9.23 Å². The summed E-state index contributed by atoms with van der Waals surface area (Å²) in [5.41, 5.74) is 5.35. The summed E-state index contributed by atoms with van der Waals surface area (Å²) in [5.74, 6) is 1.16. The lowest BCUT2D eigenvalue weighted by atomic mass is 9.87. The van der Waals surface area contributed by atoms with Crippen LogP contribution in [0.4, 0.5) is 0 Å². The minimum absolute atomic E-state index is 0.195. The fraction of sp³-hybridized carbons (Fsp3) is 0.600. The van der Waals surface area contributed by atoms with Gasteiger partial charge in [-0.1, -0.05) is 12.1 Å². The van der Waals surface area contributed by atoms with Crippen LogP contribution in [0.5, 0.6) is 0 Å². The average molecular weight is 253 g/mol. The smallest absolute Gasteiger partial charge is 0.0867 e. The molecular weight excluding hydrogens is 232 g/mol. The number of aryl methyl sites for hydroxylation is 3. The van der Waals surface area contributed by atoms with Crippen molar-refractivity contribution in [3.8, 4) is 0 Å². The fourth-order valence-corrected chi connectivity index (χ4v) is 2.95. The molecular formula is C15H21ClO. The molecule has 1 aromatic rings. The van der Waals surface area contributed by atoms with Gasteiger partial charge in [-0.05, 0) is 55.9 Å². The van der Waals surface area contributed by atoms with E-state index in [9.17, 15) is 0 Å². The van der Waals surface area contributed by atoms with Crippen molar-refractivity contribution in [2.75, 3.05) is 12.5 Å². The highest BCUT2D eigenvalue weighted by atomic mass is 35.5. The second-order valence-corrected chi connectivity index (χ2v) is 5.45. The van der Waals surface area contributed by atoms with Gasteiger partial charge in [-0.2, -0.15) is 0 Å². The molecule has 2 unspecified atom stereocenters. The van der Waals surface area contributed by atoms with E-state index in [0.29, 0.717) is 11.8 Å². The third kappa shape index (κ3) is 2.66. The van der Waals surface area contributed by atoms with Gasteiger partial charge in [-0.25, -0.2) is 0 Å². The SMILES string of the molecule is Cc1cc(C)c(C2OCCCC2CCl)cc1C. The van der Waals surface area contributed by atoms with E-state index < -0.39 is 0 Å². The molecule has 1 aliphatic heterocycles. The van der Waals surface area contributed by atoms with Crippen LogP contribution >= 0.6 is 11.6 Å². The molecule has 0 saturated carbocycles. The van der Waals surface area contributed by atoms with Crippen LogP contribution in [0.25, 0.3) is 0 Å². The molecule has 2 rings (SSSR count). The van der Waals surface area contributed by atoms with Crippen molar-refractivity contribution in [1.29, 1.82) is 0 Å². The molecule has 1 aliphatic rings. The second kappa shape index (κ2) is 5.41. The predicted molar refractivity (Wildman–Crippen MR) is 72.8 cm³/mol. The Kier molecular flexibility index (Phi) is 4.11. The van der Waals surface area contributed by atoms with Crippen LogP contribution in [0.3, 0.4) is 0 Å². The normalized spacial score (nSPS) is 24.9. The monoisotopic (exact) mass is 252 g/mol. The molecule has 0 radical (unpaired) electrons. The Hall–Kier alpha value is -0.530. The summed E-state index contributed by atoms with van der Waals surface area (Å²) in [5, 5.41) is 0. The van der Waals surface area contributed by atoms with Crippen LogP contribution in [0, 0.1) is 26.7 Å². The van der Waals surface area contributed by atoms with E-state index in [4.69, 9.17) is 16.3 Å². The van der Waals surface area contributed by atoms with E-state index >= 15 is 0 Å². The van der Waals surface area contributed by atoms with Crippen molar-refractivity contribution in [2.45, 2.75) is 39.7 Å². The fourth-order valence-electron chi connectivity index (χ4n) is 2.63. The Morgan fingerprint density at radius 3 is 2.59 bits per heavy atom. The van der Waals surface area contributed by atoms with Gasteiger partial charge in [0.1, 0.15) is 0 Å². The first kappa shape index (κ1) is 12.9. The van der Waals surface area contributed by atoms with E-state index in [-0.39, 0.29) is 6.10 Å². The minimum atomic E-state index is 0.195. The third-order valence-corrected chi connectivity index (χ3v) is 4.23. The van der Waals surface area contributed by atoms with E-state index in [1.54, 1.807) is 0 Å². The van der Waals surface area contributed by atoms with Crippen molar-refractivity contribution >= 4 is 11.6 Å². The number of halogens is 1. The average Bonchev–Trinajstić information content (AvgIpc) is 2.34. The molecule has 0 N–H and O–H groups in total. The summed E-state index contributed by atoms with van der Waals surface area (Å²) in [7, 11) is 0. The second-order valence-electron chi connectivity index (χ2n) is 5.14. The highest BCUT2D eigenvalue weighted by Crippen LogP contribution is 2.36. The Labute approximate surface area is 109 Å². The molecule has 0 aliphatic carbocycles. The van der Waals surface area contributed by atoms with Crippen LogP contribution in [-0.2, 0) is 4.74 Å². The molecule has 0 amide bonds. The number of hydrogen-bond donors (Lipinski definition) is 0. The van der Waals surface area contributed by atoms with Gasteiger partial charge in [-0.3, -0.25) is 0 Å². The number of rotatable bonds is 2. The van der Waals surface area contributed by atoms with Gasteiger partial charge in [0.25, 0.3) is 0 Å². The van der Waals surface area contributed by atoms with Crippen LogP contribution in [-0.4, -0.2) is 12.5 Å². The van der Waals surface area contributed by atoms with E-state index in [0.717, 1.165) is 13.0 Å². The van der Waals surface area contributed by atoms with E-state index in [2.05, 4.69) is 32.9 Å². The number of ether oxygens (including phenoxy) is 1. The lowest BCUT2D eigenvalue weighted by molar-refractivity contribution is -0.0212. The molecule has 1 fully saturated rings. The van der Waals surface area contributed by atoms with Crippen molar-refractivity contribution in [1.82, 2.24) is 0 Å². The zero-order valence-electron chi connectivity index (χ0n) is 10.9. The summed E-state index contributed by atoms with van der Waals surface area (Å²) < 4.78 is 5.96. The maximum Gasteiger partial charge on any atom is 0.0867 e. The quantitative estimate of drug-likeness (QED) is 0.713. The van der Waals surface area contributed by atoms with Crippen LogP contribution in [0.15, 0.2) is 12.1 Å². The highest BCUT2D eigenvalue weighted by molar-refractivity contribution is 6.18. The number of hydrogen-bond acceptors (Lipinski definition) is 1. The Morgan fingerprint density at radius 2 is 1.88 bits per heavy atom. The molecule has 1 aromatic carbocycles. The Bertz CT molecular complexity index is 400. The van der Waals surface area contributed by atoms with Gasteiger partial charge >= 0.3 is 0 Å². The first-order valence-electron chi connectivity index (χ1n) is 6.38. The Morgan fingerprint density at radius 1 is 1.18 bits per heavy atom. The van der Waals surface area contributed by atoms with Gasteiger partial charge in [0.2, 0.25) is 0 Å². The molecule has 2 atom stereocenters. The summed E-state index contributed by atoms with van der Waals surface area (Å²) in [4.78, 5) is 0. The standard InChI is InChI=1S/C15H21ClO/c1-10-7-12(3)14(8-11(10)2)15-13(9-16)5-4-6-17-15/h7-8,13,15H,4-6,9H2,1-3H3. The molecule has 1 saturated heterocycles.